The average Bonchev–Trinajstić information content (AvgIpc) is 3.22. The zero-order valence-electron chi connectivity index (χ0n) is 14.3. The van der Waals surface area contributed by atoms with E-state index in [0.717, 1.165) is 36.8 Å². The Morgan fingerprint density at radius 1 is 1.08 bits per heavy atom. The van der Waals surface area contributed by atoms with Gasteiger partial charge in [-0.3, -0.25) is 14.5 Å². The number of carbonyl (C=O) groups excluding carboxylic acids is 2. The summed E-state index contributed by atoms with van der Waals surface area (Å²) < 4.78 is 5.26. The van der Waals surface area contributed by atoms with Crippen molar-refractivity contribution in [3.05, 3.63) is 35.7 Å². The molecule has 138 valence electrons. The lowest BCUT2D eigenvalue weighted by Crippen LogP contribution is -2.30. The normalized spacial score (nSPS) is 22.3. The van der Waals surface area contributed by atoms with Gasteiger partial charge in [0.15, 0.2) is 0 Å². The fourth-order valence-corrected chi connectivity index (χ4v) is 3.75. The van der Waals surface area contributed by atoms with E-state index in [1.54, 1.807) is 0 Å². The molecule has 2 heterocycles. The zero-order chi connectivity index (χ0) is 17.4. The lowest BCUT2D eigenvalue weighted by molar-refractivity contribution is -0.141. The molecule has 0 radical (unpaired) electrons. The van der Waals surface area contributed by atoms with Crippen molar-refractivity contribution in [3.63, 3.8) is 0 Å². The molecule has 2 fully saturated rings. The highest BCUT2D eigenvalue weighted by Crippen LogP contribution is 2.38. The van der Waals surface area contributed by atoms with Crippen molar-refractivity contribution in [3.8, 4) is 11.4 Å². The summed E-state index contributed by atoms with van der Waals surface area (Å²) in [6, 6.07) is 7.56. The smallest absolute Gasteiger partial charge is 0.247 e. The molecule has 1 aromatic carbocycles. The van der Waals surface area contributed by atoms with Crippen LogP contribution in [-0.4, -0.2) is 26.9 Å². The highest BCUT2D eigenvalue weighted by molar-refractivity contribution is 6.05. The van der Waals surface area contributed by atoms with Crippen LogP contribution in [0.25, 0.3) is 11.4 Å². The number of benzene rings is 1. The third-order valence-corrected chi connectivity index (χ3v) is 5.14. The van der Waals surface area contributed by atoms with Crippen molar-refractivity contribution in [2.45, 2.75) is 38.8 Å². The molecule has 1 aromatic heterocycles. The Balaban J connectivity index is 0.00000196. The van der Waals surface area contributed by atoms with Crippen LogP contribution in [0.4, 0.5) is 0 Å². The lowest BCUT2D eigenvalue weighted by atomic mass is 9.81. The van der Waals surface area contributed by atoms with Crippen LogP contribution in [0, 0.1) is 11.8 Å². The van der Waals surface area contributed by atoms with E-state index in [0.29, 0.717) is 12.4 Å². The van der Waals surface area contributed by atoms with E-state index in [-0.39, 0.29) is 48.5 Å². The van der Waals surface area contributed by atoms with Crippen LogP contribution in [0.1, 0.15) is 37.1 Å². The maximum absolute atomic E-state index is 12.5. The summed E-state index contributed by atoms with van der Waals surface area (Å²) in [4.78, 5) is 30.6. The highest BCUT2D eigenvalue weighted by Gasteiger charge is 2.48. The third-order valence-electron chi connectivity index (χ3n) is 5.14. The van der Waals surface area contributed by atoms with Gasteiger partial charge in [-0.1, -0.05) is 42.3 Å². The Morgan fingerprint density at radius 2 is 1.69 bits per heavy atom. The standard InChI is InChI=1S/C18H20N4O3.ClH/c19-9-11-5-7-12(8-6-11)16-20-15(25-21-16)10-22-17(23)13-3-1-2-4-14(13)18(22)24;/h5-8,13-14H,1-4,9-10,19H2;1H. The molecule has 2 amide bonds. The number of halogens is 1. The Hall–Kier alpha value is -2.25. The summed E-state index contributed by atoms with van der Waals surface area (Å²) >= 11 is 0. The van der Waals surface area contributed by atoms with Crippen LogP contribution >= 0.6 is 12.4 Å². The number of nitrogens with zero attached hydrogens (tertiary/aromatic N) is 3. The molecule has 1 saturated heterocycles. The van der Waals surface area contributed by atoms with E-state index in [9.17, 15) is 9.59 Å². The van der Waals surface area contributed by atoms with Crippen molar-refractivity contribution in [1.29, 1.82) is 0 Å². The first-order valence-corrected chi connectivity index (χ1v) is 8.64. The van der Waals surface area contributed by atoms with Gasteiger partial charge in [-0.05, 0) is 18.4 Å². The largest absolute Gasteiger partial charge is 0.337 e. The van der Waals surface area contributed by atoms with E-state index in [2.05, 4.69) is 10.1 Å². The molecule has 1 saturated carbocycles. The molecule has 0 bridgehead atoms. The Morgan fingerprint density at radius 3 is 2.27 bits per heavy atom. The van der Waals surface area contributed by atoms with Crippen LogP contribution in [0.3, 0.4) is 0 Å². The molecule has 1 aliphatic heterocycles. The summed E-state index contributed by atoms with van der Waals surface area (Å²) in [5, 5.41) is 3.96. The van der Waals surface area contributed by atoms with Gasteiger partial charge in [-0.25, -0.2) is 0 Å². The summed E-state index contributed by atoms with van der Waals surface area (Å²) in [6.07, 6.45) is 3.62. The van der Waals surface area contributed by atoms with Gasteiger partial charge in [-0.15, -0.1) is 12.4 Å². The molecule has 8 heteroatoms. The monoisotopic (exact) mass is 376 g/mol. The highest BCUT2D eigenvalue weighted by atomic mass is 35.5. The minimum Gasteiger partial charge on any atom is -0.337 e. The number of amides is 2. The van der Waals surface area contributed by atoms with Crippen molar-refractivity contribution < 1.29 is 14.1 Å². The van der Waals surface area contributed by atoms with Gasteiger partial charge in [0.1, 0.15) is 6.54 Å². The van der Waals surface area contributed by atoms with Crippen LogP contribution in [0.5, 0.6) is 0 Å². The van der Waals surface area contributed by atoms with Gasteiger partial charge in [0.25, 0.3) is 0 Å². The quantitative estimate of drug-likeness (QED) is 0.821. The Labute approximate surface area is 157 Å². The predicted octanol–water partition coefficient (Wildman–Crippen LogP) is 2.29. The molecule has 0 spiro atoms. The number of rotatable bonds is 4. The number of nitrogens with two attached hydrogens (primary N) is 1. The summed E-state index contributed by atoms with van der Waals surface area (Å²) in [5.74, 6) is 0.205. The van der Waals surface area contributed by atoms with Crippen LogP contribution in [0.15, 0.2) is 28.8 Å². The van der Waals surface area contributed by atoms with E-state index in [1.807, 2.05) is 24.3 Å². The molecule has 2 N–H and O–H groups in total. The van der Waals surface area contributed by atoms with Gasteiger partial charge >= 0.3 is 0 Å². The number of fused-ring (bicyclic) bond motifs is 1. The summed E-state index contributed by atoms with van der Waals surface area (Å²) in [5.41, 5.74) is 7.41. The molecule has 1 aliphatic carbocycles. The topological polar surface area (TPSA) is 102 Å². The van der Waals surface area contributed by atoms with Crippen molar-refractivity contribution >= 4 is 24.2 Å². The molecule has 2 aromatic rings. The second-order valence-electron chi connectivity index (χ2n) is 6.67. The van der Waals surface area contributed by atoms with Gasteiger partial charge < -0.3 is 10.3 Å². The number of aromatic nitrogens is 2. The minimum absolute atomic E-state index is 0. The molecule has 2 atom stereocenters. The minimum atomic E-state index is -0.160. The Bertz CT molecular complexity index is 781. The van der Waals surface area contributed by atoms with Gasteiger partial charge in [0, 0.05) is 12.1 Å². The molecule has 2 unspecified atom stereocenters. The molecule has 26 heavy (non-hydrogen) atoms. The number of carbonyl (C=O) groups is 2. The predicted molar refractivity (Wildman–Crippen MR) is 95.9 cm³/mol. The van der Waals surface area contributed by atoms with Gasteiger partial charge in [-0.2, -0.15) is 4.98 Å². The first-order chi connectivity index (χ1) is 12.2. The van der Waals surface area contributed by atoms with Gasteiger partial charge in [0.2, 0.25) is 23.5 Å². The third kappa shape index (κ3) is 3.24. The number of imide groups is 1. The second kappa shape index (κ2) is 7.55. The van der Waals surface area contributed by atoms with E-state index in [1.165, 1.54) is 4.90 Å². The van der Waals surface area contributed by atoms with Crippen LogP contribution < -0.4 is 5.73 Å². The fourth-order valence-electron chi connectivity index (χ4n) is 3.75. The molecule has 2 aliphatic rings. The molecular weight excluding hydrogens is 356 g/mol. The van der Waals surface area contributed by atoms with Crippen molar-refractivity contribution in [2.24, 2.45) is 17.6 Å². The zero-order valence-corrected chi connectivity index (χ0v) is 15.1. The maximum Gasteiger partial charge on any atom is 0.247 e. The van der Waals surface area contributed by atoms with Crippen molar-refractivity contribution in [2.75, 3.05) is 0 Å². The van der Waals surface area contributed by atoms with E-state index >= 15 is 0 Å². The maximum atomic E-state index is 12.5. The summed E-state index contributed by atoms with van der Waals surface area (Å²) in [6.45, 7) is 0.526. The first kappa shape index (κ1) is 18.5. The van der Waals surface area contributed by atoms with E-state index in [4.69, 9.17) is 10.3 Å². The number of likely N-dealkylation sites (tertiary alicyclic amines) is 1. The Kier molecular flexibility index (Phi) is 5.38. The number of hydrogen-bond acceptors (Lipinski definition) is 6. The molecular formula is C18H21ClN4O3. The van der Waals surface area contributed by atoms with Gasteiger partial charge in [0.05, 0.1) is 11.8 Å². The number of hydrogen-bond donors (Lipinski definition) is 1. The second-order valence-corrected chi connectivity index (χ2v) is 6.67. The van der Waals surface area contributed by atoms with E-state index < -0.39 is 0 Å². The summed E-state index contributed by atoms with van der Waals surface area (Å²) in [7, 11) is 0. The fraction of sp³-hybridized carbons (Fsp3) is 0.444. The molecule has 7 nitrogen and oxygen atoms in total. The van der Waals surface area contributed by atoms with Crippen molar-refractivity contribution in [1.82, 2.24) is 15.0 Å². The van der Waals surface area contributed by atoms with Crippen LogP contribution in [0.2, 0.25) is 0 Å². The molecule has 4 rings (SSSR count). The first-order valence-electron chi connectivity index (χ1n) is 8.64. The average molecular weight is 377 g/mol. The lowest BCUT2D eigenvalue weighted by Gasteiger charge is -2.19. The SMILES string of the molecule is Cl.NCc1ccc(-c2noc(CN3C(=O)C4CCCCC4C3=O)n2)cc1. The van der Waals surface area contributed by atoms with Crippen LogP contribution in [-0.2, 0) is 22.7 Å².